The molecule has 1 saturated heterocycles. The second-order valence-electron chi connectivity index (χ2n) is 4.33. The van der Waals surface area contributed by atoms with Crippen molar-refractivity contribution in [1.29, 1.82) is 0 Å². The quantitative estimate of drug-likeness (QED) is 0.784. The molecule has 0 aliphatic carbocycles. The molecule has 0 radical (unpaired) electrons. The standard InChI is InChI=1S/C11H15BrN2O/c1-11(2)8-15-7-6-14(11)10-9(12)4-3-5-13-10/h3-5H,6-8H2,1-2H3. The summed E-state index contributed by atoms with van der Waals surface area (Å²) in [5, 5.41) is 0. The summed E-state index contributed by atoms with van der Waals surface area (Å²) in [6.45, 7) is 6.76. The van der Waals surface area contributed by atoms with Gasteiger partial charge in [0, 0.05) is 12.7 Å². The molecular formula is C11H15BrN2O. The summed E-state index contributed by atoms with van der Waals surface area (Å²) < 4.78 is 6.53. The molecule has 0 aromatic carbocycles. The van der Waals surface area contributed by atoms with Gasteiger partial charge >= 0.3 is 0 Å². The van der Waals surface area contributed by atoms with Crippen molar-refractivity contribution >= 4 is 21.7 Å². The van der Waals surface area contributed by atoms with Crippen LogP contribution in [0.4, 0.5) is 5.82 Å². The lowest BCUT2D eigenvalue weighted by atomic mass is 10.0. The molecular weight excluding hydrogens is 256 g/mol. The molecule has 82 valence electrons. The molecule has 1 aromatic heterocycles. The van der Waals surface area contributed by atoms with Gasteiger partial charge in [-0.2, -0.15) is 0 Å². The smallest absolute Gasteiger partial charge is 0.143 e. The van der Waals surface area contributed by atoms with Crippen LogP contribution in [-0.2, 0) is 4.74 Å². The molecule has 0 unspecified atom stereocenters. The summed E-state index contributed by atoms with van der Waals surface area (Å²) in [7, 11) is 0. The Morgan fingerprint density at radius 1 is 1.53 bits per heavy atom. The normalized spacial score (nSPS) is 20.3. The van der Waals surface area contributed by atoms with Crippen LogP contribution in [0.25, 0.3) is 0 Å². The van der Waals surface area contributed by atoms with Crippen molar-refractivity contribution in [2.75, 3.05) is 24.7 Å². The minimum absolute atomic E-state index is 0.00905. The molecule has 1 fully saturated rings. The number of aromatic nitrogens is 1. The molecule has 1 aromatic rings. The molecule has 2 heterocycles. The van der Waals surface area contributed by atoms with Crippen LogP contribution in [0.2, 0.25) is 0 Å². The van der Waals surface area contributed by atoms with Gasteiger partial charge in [-0.3, -0.25) is 0 Å². The molecule has 0 spiro atoms. The van der Waals surface area contributed by atoms with Crippen LogP contribution >= 0.6 is 15.9 Å². The molecule has 2 rings (SSSR count). The summed E-state index contributed by atoms with van der Waals surface area (Å²) in [6, 6.07) is 3.95. The first kappa shape index (κ1) is 10.9. The fraction of sp³-hybridized carbons (Fsp3) is 0.545. The molecule has 4 heteroatoms. The Labute approximate surface area is 98.6 Å². The Bertz CT molecular complexity index is 354. The van der Waals surface area contributed by atoms with Crippen LogP contribution < -0.4 is 4.90 Å². The number of rotatable bonds is 1. The van der Waals surface area contributed by atoms with Crippen LogP contribution in [0, 0.1) is 0 Å². The predicted molar refractivity (Wildman–Crippen MR) is 64.2 cm³/mol. The van der Waals surface area contributed by atoms with Crippen LogP contribution in [0.15, 0.2) is 22.8 Å². The van der Waals surface area contributed by atoms with Gasteiger partial charge in [0.2, 0.25) is 0 Å². The van der Waals surface area contributed by atoms with Crippen LogP contribution in [0.3, 0.4) is 0 Å². The van der Waals surface area contributed by atoms with Crippen molar-refractivity contribution in [2.45, 2.75) is 19.4 Å². The highest BCUT2D eigenvalue weighted by atomic mass is 79.9. The summed E-state index contributed by atoms with van der Waals surface area (Å²) in [6.07, 6.45) is 1.83. The van der Waals surface area contributed by atoms with E-state index in [-0.39, 0.29) is 5.54 Å². The number of halogens is 1. The first-order valence-electron chi connectivity index (χ1n) is 5.07. The molecule has 0 saturated carbocycles. The van der Waals surface area contributed by atoms with Gasteiger partial charge < -0.3 is 9.64 Å². The molecule has 1 aliphatic rings. The van der Waals surface area contributed by atoms with Crippen molar-refractivity contribution in [3.8, 4) is 0 Å². The number of ether oxygens (including phenoxy) is 1. The van der Waals surface area contributed by atoms with E-state index in [0.29, 0.717) is 0 Å². The monoisotopic (exact) mass is 270 g/mol. The first-order valence-corrected chi connectivity index (χ1v) is 5.86. The number of pyridine rings is 1. The Kier molecular flexibility index (Phi) is 2.98. The summed E-state index contributed by atoms with van der Waals surface area (Å²) >= 11 is 3.54. The van der Waals surface area contributed by atoms with E-state index in [4.69, 9.17) is 4.74 Å². The highest BCUT2D eigenvalue weighted by molar-refractivity contribution is 9.10. The van der Waals surface area contributed by atoms with Gasteiger partial charge in [-0.1, -0.05) is 0 Å². The van der Waals surface area contributed by atoms with Crippen molar-refractivity contribution in [3.05, 3.63) is 22.8 Å². The average molecular weight is 271 g/mol. The van der Waals surface area contributed by atoms with E-state index in [1.165, 1.54) is 0 Å². The second-order valence-corrected chi connectivity index (χ2v) is 5.18. The van der Waals surface area contributed by atoms with E-state index in [9.17, 15) is 0 Å². The van der Waals surface area contributed by atoms with Gasteiger partial charge in [0.05, 0.1) is 23.2 Å². The molecule has 3 nitrogen and oxygen atoms in total. The van der Waals surface area contributed by atoms with Gasteiger partial charge in [-0.15, -0.1) is 0 Å². The Morgan fingerprint density at radius 3 is 3.00 bits per heavy atom. The zero-order valence-corrected chi connectivity index (χ0v) is 10.6. The maximum absolute atomic E-state index is 5.49. The lowest BCUT2D eigenvalue weighted by molar-refractivity contribution is 0.0638. The summed E-state index contributed by atoms with van der Waals surface area (Å²) in [4.78, 5) is 6.71. The summed E-state index contributed by atoms with van der Waals surface area (Å²) in [5.74, 6) is 1.01. The SMILES string of the molecule is CC1(C)COCCN1c1ncccc1Br. The number of anilines is 1. The zero-order valence-electron chi connectivity index (χ0n) is 9.03. The van der Waals surface area contributed by atoms with E-state index in [1.54, 1.807) is 0 Å². The Balaban J connectivity index is 2.33. The van der Waals surface area contributed by atoms with Gasteiger partial charge in [0.15, 0.2) is 0 Å². The van der Waals surface area contributed by atoms with Gasteiger partial charge in [0.25, 0.3) is 0 Å². The maximum atomic E-state index is 5.49. The van der Waals surface area contributed by atoms with Gasteiger partial charge in [0.1, 0.15) is 5.82 Å². The summed E-state index contributed by atoms with van der Waals surface area (Å²) in [5.41, 5.74) is 0.00905. The zero-order chi connectivity index (χ0) is 10.9. The van der Waals surface area contributed by atoms with Crippen molar-refractivity contribution < 1.29 is 4.74 Å². The average Bonchev–Trinajstić information content (AvgIpc) is 2.19. The molecule has 0 bridgehead atoms. The van der Waals surface area contributed by atoms with Crippen molar-refractivity contribution in [1.82, 2.24) is 4.98 Å². The maximum Gasteiger partial charge on any atom is 0.143 e. The first-order chi connectivity index (χ1) is 7.11. The lowest BCUT2D eigenvalue weighted by Crippen LogP contribution is -2.53. The topological polar surface area (TPSA) is 25.4 Å². The van der Waals surface area contributed by atoms with E-state index in [1.807, 2.05) is 18.3 Å². The van der Waals surface area contributed by atoms with E-state index >= 15 is 0 Å². The lowest BCUT2D eigenvalue weighted by Gasteiger charge is -2.43. The number of nitrogens with zero attached hydrogens (tertiary/aromatic N) is 2. The molecule has 0 atom stereocenters. The number of hydrogen-bond donors (Lipinski definition) is 0. The van der Waals surface area contributed by atoms with E-state index in [0.717, 1.165) is 30.0 Å². The van der Waals surface area contributed by atoms with E-state index in [2.05, 4.69) is 39.7 Å². The minimum atomic E-state index is 0.00905. The third-order valence-corrected chi connectivity index (χ3v) is 3.26. The predicted octanol–water partition coefficient (Wildman–Crippen LogP) is 2.46. The molecule has 15 heavy (non-hydrogen) atoms. The second kappa shape index (κ2) is 4.10. The Morgan fingerprint density at radius 2 is 2.33 bits per heavy atom. The van der Waals surface area contributed by atoms with Crippen molar-refractivity contribution in [2.24, 2.45) is 0 Å². The third-order valence-electron chi connectivity index (χ3n) is 2.64. The minimum Gasteiger partial charge on any atom is -0.377 e. The fourth-order valence-electron chi connectivity index (χ4n) is 1.83. The van der Waals surface area contributed by atoms with Gasteiger partial charge in [-0.05, 0) is 41.9 Å². The van der Waals surface area contributed by atoms with Crippen LogP contribution in [0.1, 0.15) is 13.8 Å². The van der Waals surface area contributed by atoms with Crippen LogP contribution in [0.5, 0.6) is 0 Å². The molecule has 0 N–H and O–H groups in total. The van der Waals surface area contributed by atoms with Crippen molar-refractivity contribution in [3.63, 3.8) is 0 Å². The number of hydrogen-bond acceptors (Lipinski definition) is 3. The highest BCUT2D eigenvalue weighted by Gasteiger charge is 2.32. The Hall–Kier alpha value is -0.610. The number of morpholine rings is 1. The highest BCUT2D eigenvalue weighted by Crippen LogP contribution is 2.30. The largest absolute Gasteiger partial charge is 0.377 e. The van der Waals surface area contributed by atoms with Crippen LogP contribution in [-0.4, -0.2) is 30.3 Å². The molecule has 1 aliphatic heterocycles. The molecule has 0 amide bonds. The van der Waals surface area contributed by atoms with E-state index < -0.39 is 0 Å². The third kappa shape index (κ3) is 2.16. The fourth-order valence-corrected chi connectivity index (χ4v) is 2.30. The van der Waals surface area contributed by atoms with Gasteiger partial charge in [-0.25, -0.2) is 4.98 Å².